The van der Waals surface area contributed by atoms with Crippen molar-refractivity contribution in [1.29, 1.82) is 0 Å². The van der Waals surface area contributed by atoms with Gasteiger partial charge in [0.05, 0.1) is 30.8 Å². The Kier molecular flexibility index (Phi) is 5.80. The van der Waals surface area contributed by atoms with Crippen molar-refractivity contribution < 1.29 is 19.1 Å². The third kappa shape index (κ3) is 4.62. The highest BCUT2D eigenvalue weighted by Crippen LogP contribution is 2.39. The summed E-state index contributed by atoms with van der Waals surface area (Å²) in [4.78, 5) is 39.2. The lowest BCUT2D eigenvalue weighted by atomic mass is 9.84. The van der Waals surface area contributed by atoms with Crippen molar-refractivity contribution in [3.8, 4) is 5.75 Å². The van der Waals surface area contributed by atoms with E-state index in [1.54, 1.807) is 17.0 Å². The number of hydrogen-bond acceptors (Lipinski definition) is 5. The molecule has 1 aromatic heterocycles. The number of hydrogen-bond donors (Lipinski definition) is 1. The molecule has 1 atom stereocenters. The van der Waals surface area contributed by atoms with Crippen molar-refractivity contribution in [2.45, 2.75) is 51.7 Å². The van der Waals surface area contributed by atoms with Gasteiger partial charge in [-0.25, -0.2) is 0 Å². The third-order valence-corrected chi connectivity index (χ3v) is 6.06. The van der Waals surface area contributed by atoms with Crippen LogP contribution in [0.25, 0.3) is 0 Å². The third-order valence-electron chi connectivity index (χ3n) is 6.06. The van der Waals surface area contributed by atoms with Crippen molar-refractivity contribution in [2.75, 3.05) is 19.6 Å². The second-order valence-electron chi connectivity index (χ2n) is 8.45. The zero-order valence-corrected chi connectivity index (χ0v) is 18.0. The summed E-state index contributed by atoms with van der Waals surface area (Å²) in [6, 6.07) is 9.23. The first-order valence-corrected chi connectivity index (χ1v) is 10.7. The van der Waals surface area contributed by atoms with E-state index in [2.05, 4.69) is 10.4 Å². The van der Waals surface area contributed by atoms with Crippen LogP contribution in [0.1, 0.15) is 47.4 Å². The topological polar surface area (TPSA) is 93.5 Å². The number of ketones is 1. The summed E-state index contributed by atoms with van der Waals surface area (Å²) >= 11 is 0. The van der Waals surface area contributed by atoms with Crippen LogP contribution in [0.5, 0.6) is 5.75 Å². The molecule has 31 heavy (non-hydrogen) atoms. The molecule has 8 nitrogen and oxygen atoms in total. The first-order chi connectivity index (χ1) is 14.8. The fourth-order valence-corrected chi connectivity index (χ4v) is 4.40. The maximum atomic E-state index is 12.6. The second-order valence-corrected chi connectivity index (χ2v) is 8.45. The average molecular weight is 425 g/mol. The molecule has 8 heteroatoms. The molecule has 0 unspecified atom stereocenters. The lowest BCUT2D eigenvalue weighted by Crippen LogP contribution is -2.44. The van der Waals surface area contributed by atoms with Gasteiger partial charge >= 0.3 is 0 Å². The molecule has 1 aromatic carbocycles. The van der Waals surface area contributed by atoms with Crippen LogP contribution in [0.3, 0.4) is 0 Å². The number of fused-ring (bicyclic) bond motifs is 1. The molecule has 164 valence electrons. The Morgan fingerprint density at radius 2 is 2.03 bits per heavy atom. The highest BCUT2D eigenvalue weighted by atomic mass is 16.5. The van der Waals surface area contributed by atoms with Gasteiger partial charge in [0.2, 0.25) is 11.8 Å². The standard InChI is InChI=1S/C23H28N4O4/c1-16-13-17(2)27(25-16)12-10-24-21(29)15-26-11-9-23(8-7-22(26)30)14-19(28)18-5-3-4-6-20(18)31-23/h3-6,13H,7-12,14-15H2,1-2H3,(H,24,29)/t23-/m1/s1. The number of nitrogens with zero attached hydrogens (tertiary/aromatic N) is 3. The van der Waals surface area contributed by atoms with Gasteiger partial charge in [0.1, 0.15) is 11.4 Å². The number of amides is 2. The lowest BCUT2D eigenvalue weighted by molar-refractivity contribution is -0.135. The molecule has 2 aliphatic rings. The van der Waals surface area contributed by atoms with E-state index in [9.17, 15) is 14.4 Å². The van der Waals surface area contributed by atoms with E-state index in [4.69, 9.17) is 4.74 Å². The summed E-state index contributed by atoms with van der Waals surface area (Å²) in [6.07, 6.45) is 1.52. The number of ether oxygens (including phenoxy) is 1. The number of carbonyl (C=O) groups is 3. The molecule has 0 saturated carbocycles. The Morgan fingerprint density at radius 1 is 1.23 bits per heavy atom. The minimum Gasteiger partial charge on any atom is -0.486 e. The van der Waals surface area contributed by atoms with Gasteiger partial charge in [0, 0.05) is 31.6 Å². The van der Waals surface area contributed by atoms with Gasteiger partial charge in [0.15, 0.2) is 5.78 Å². The number of likely N-dealkylation sites (tertiary alicyclic amines) is 1. The van der Waals surface area contributed by atoms with Gasteiger partial charge in [0.25, 0.3) is 0 Å². The molecule has 2 amide bonds. The van der Waals surface area contributed by atoms with Gasteiger partial charge in [-0.1, -0.05) is 12.1 Å². The van der Waals surface area contributed by atoms with Gasteiger partial charge in [-0.15, -0.1) is 0 Å². The molecule has 1 fully saturated rings. The van der Waals surface area contributed by atoms with Crippen molar-refractivity contribution in [3.63, 3.8) is 0 Å². The van der Waals surface area contributed by atoms with Gasteiger partial charge in [-0.2, -0.15) is 5.10 Å². The van der Waals surface area contributed by atoms with E-state index < -0.39 is 5.60 Å². The molecule has 2 aliphatic heterocycles. The summed E-state index contributed by atoms with van der Waals surface area (Å²) in [6.45, 7) is 5.33. The van der Waals surface area contributed by atoms with Crippen LogP contribution < -0.4 is 10.1 Å². The fraction of sp³-hybridized carbons (Fsp3) is 0.478. The first kappa shape index (κ1) is 21.1. The Morgan fingerprint density at radius 3 is 2.81 bits per heavy atom. The summed E-state index contributed by atoms with van der Waals surface area (Å²) in [5, 5.41) is 7.25. The summed E-state index contributed by atoms with van der Waals surface area (Å²) < 4.78 is 8.08. The van der Waals surface area contributed by atoms with Gasteiger partial charge < -0.3 is 15.0 Å². The fourth-order valence-electron chi connectivity index (χ4n) is 4.40. The molecule has 3 heterocycles. The number of nitrogens with one attached hydrogen (secondary N) is 1. The van der Waals surface area contributed by atoms with Crippen molar-refractivity contribution in [1.82, 2.24) is 20.0 Å². The highest BCUT2D eigenvalue weighted by molar-refractivity contribution is 6.00. The average Bonchev–Trinajstić information content (AvgIpc) is 2.98. The summed E-state index contributed by atoms with van der Waals surface area (Å²) in [7, 11) is 0. The highest BCUT2D eigenvalue weighted by Gasteiger charge is 2.43. The maximum absolute atomic E-state index is 12.6. The van der Waals surface area contributed by atoms with E-state index in [1.165, 1.54) is 0 Å². The van der Waals surface area contributed by atoms with Crippen LogP contribution in [-0.4, -0.2) is 57.5 Å². The van der Waals surface area contributed by atoms with Crippen LogP contribution in [0.2, 0.25) is 0 Å². The molecular weight excluding hydrogens is 396 g/mol. The number of benzene rings is 1. The smallest absolute Gasteiger partial charge is 0.239 e. The number of aryl methyl sites for hydroxylation is 2. The quantitative estimate of drug-likeness (QED) is 0.793. The van der Waals surface area contributed by atoms with Crippen LogP contribution in [0.4, 0.5) is 0 Å². The van der Waals surface area contributed by atoms with Crippen molar-refractivity contribution in [3.05, 3.63) is 47.3 Å². The van der Waals surface area contributed by atoms with Crippen LogP contribution >= 0.6 is 0 Å². The molecule has 2 aromatic rings. The summed E-state index contributed by atoms with van der Waals surface area (Å²) in [5.41, 5.74) is 1.91. The molecule has 0 bridgehead atoms. The number of aromatic nitrogens is 2. The Labute approximate surface area is 181 Å². The molecule has 4 rings (SSSR count). The van der Waals surface area contributed by atoms with Gasteiger partial charge in [-0.3, -0.25) is 19.1 Å². The SMILES string of the molecule is Cc1cc(C)n(CCNC(=O)CN2CC[C@]3(CCC2=O)CC(=O)c2ccccc2O3)n1. The first-order valence-electron chi connectivity index (χ1n) is 10.7. The van der Waals surface area contributed by atoms with Crippen molar-refractivity contribution >= 4 is 17.6 Å². The predicted molar refractivity (Wildman–Crippen MR) is 114 cm³/mol. The Balaban J connectivity index is 1.32. The van der Waals surface area contributed by atoms with Crippen molar-refractivity contribution in [2.24, 2.45) is 0 Å². The maximum Gasteiger partial charge on any atom is 0.239 e. The number of rotatable bonds is 5. The summed E-state index contributed by atoms with van der Waals surface area (Å²) in [5.74, 6) is 0.350. The lowest BCUT2D eigenvalue weighted by Gasteiger charge is -2.37. The van der Waals surface area contributed by atoms with E-state index >= 15 is 0 Å². The molecule has 1 spiro atoms. The Hall–Kier alpha value is -3.16. The van der Waals surface area contributed by atoms with Gasteiger partial charge in [-0.05, 0) is 38.5 Å². The zero-order valence-electron chi connectivity index (χ0n) is 18.0. The number of carbonyl (C=O) groups excluding carboxylic acids is 3. The minimum absolute atomic E-state index is 0.0105. The number of para-hydroxylation sites is 1. The largest absolute Gasteiger partial charge is 0.486 e. The van der Waals surface area contributed by atoms with E-state index in [-0.39, 0.29) is 37.0 Å². The van der Waals surface area contributed by atoms with Crippen LogP contribution in [-0.2, 0) is 16.1 Å². The second kappa shape index (κ2) is 8.53. The van der Waals surface area contributed by atoms with E-state index in [1.807, 2.05) is 36.7 Å². The van der Waals surface area contributed by atoms with Crippen LogP contribution in [0.15, 0.2) is 30.3 Å². The normalized spacial score (nSPS) is 20.9. The monoisotopic (exact) mass is 424 g/mol. The number of Topliss-reactive ketones (excluding diaryl/α,β-unsaturated/α-hetero) is 1. The molecule has 1 saturated heterocycles. The van der Waals surface area contributed by atoms with Crippen LogP contribution in [0, 0.1) is 13.8 Å². The molecular formula is C23H28N4O4. The predicted octanol–water partition coefficient (Wildman–Crippen LogP) is 2.03. The molecule has 1 N–H and O–H groups in total. The minimum atomic E-state index is -0.679. The molecule has 0 radical (unpaired) electrons. The molecule has 0 aliphatic carbocycles. The van der Waals surface area contributed by atoms with E-state index in [0.717, 1.165) is 11.4 Å². The zero-order chi connectivity index (χ0) is 22.0. The Bertz CT molecular complexity index is 1010. The van der Waals surface area contributed by atoms with E-state index in [0.29, 0.717) is 43.8 Å².